The van der Waals surface area contributed by atoms with Gasteiger partial charge in [-0.25, -0.2) is 9.79 Å². The molecule has 3 aliphatic heterocycles. The number of ether oxygens (including phenoxy) is 10. The molecular weight excluding hydrogens is 594 g/mol. The van der Waals surface area contributed by atoms with Gasteiger partial charge in [-0.3, -0.25) is 24.0 Å². The summed E-state index contributed by atoms with van der Waals surface area (Å²) in [5.41, 5.74) is 0. The van der Waals surface area contributed by atoms with Crippen molar-refractivity contribution in [1.82, 2.24) is 0 Å². The highest BCUT2D eigenvalue weighted by Gasteiger charge is 2.59. The van der Waals surface area contributed by atoms with E-state index in [1.54, 1.807) is 0 Å². The summed E-state index contributed by atoms with van der Waals surface area (Å²) in [5, 5.41) is 0. The van der Waals surface area contributed by atoms with Crippen molar-refractivity contribution in [2.45, 2.75) is 110 Å². The third-order valence-corrected chi connectivity index (χ3v) is 6.50. The van der Waals surface area contributed by atoms with Gasteiger partial charge in [0.15, 0.2) is 42.7 Å². The molecule has 0 radical (unpaired) electrons. The van der Waals surface area contributed by atoms with Gasteiger partial charge in [0.1, 0.15) is 24.9 Å². The monoisotopic (exact) mass is 631 g/mol. The van der Waals surface area contributed by atoms with E-state index in [2.05, 4.69) is 4.99 Å². The van der Waals surface area contributed by atoms with Crippen LogP contribution >= 0.6 is 0 Å². The van der Waals surface area contributed by atoms with Crippen LogP contribution in [0.25, 0.3) is 0 Å². The molecule has 0 aromatic heterocycles. The average Bonchev–Trinajstić information content (AvgIpc) is 3.34. The molecule has 0 amide bonds. The number of hydrogen-bond donors (Lipinski definition) is 0. The molecule has 17 nitrogen and oxygen atoms in total. The summed E-state index contributed by atoms with van der Waals surface area (Å²) in [6.45, 7) is 8.69. The fraction of sp³-hybridized carbons (Fsp3) is 0.741. The predicted molar refractivity (Wildman–Crippen MR) is 140 cm³/mol. The molecule has 10 atom stereocenters. The average molecular weight is 632 g/mol. The van der Waals surface area contributed by atoms with Gasteiger partial charge in [-0.15, -0.1) is 0 Å². The van der Waals surface area contributed by atoms with E-state index in [0.29, 0.717) is 0 Å². The molecule has 3 rings (SSSR count). The van der Waals surface area contributed by atoms with Crippen molar-refractivity contribution < 1.29 is 76.1 Å². The SMILES string of the molecule is COC(=O)[C@H]1O[C@@H](O[C@@H]2[C@H]3N=C(C(C)C)O[C@H]3O[C@H](COC(C)=O)[C@@H]2OC(C)=O)[C@H](OC(C)=O)[C@@H](OC(C)=O)[C@@H]1OC(C)=O. The highest BCUT2D eigenvalue weighted by molar-refractivity contribution is 5.80. The van der Waals surface area contributed by atoms with Gasteiger partial charge in [0, 0.05) is 40.5 Å². The van der Waals surface area contributed by atoms with Crippen molar-refractivity contribution in [2.75, 3.05) is 13.7 Å². The third kappa shape index (κ3) is 8.41. The van der Waals surface area contributed by atoms with Crippen LogP contribution in [0, 0.1) is 5.92 Å². The third-order valence-electron chi connectivity index (χ3n) is 6.50. The van der Waals surface area contributed by atoms with E-state index in [0.717, 1.165) is 34.8 Å². The summed E-state index contributed by atoms with van der Waals surface area (Å²) in [6, 6.07) is -1.01. The van der Waals surface area contributed by atoms with Crippen molar-refractivity contribution >= 4 is 41.7 Å². The van der Waals surface area contributed by atoms with E-state index < -0.39 is 97.2 Å². The van der Waals surface area contributed by atoms with Crippen LogP contribution in [0.4, 0.5) is 0 Å². The largest absolute Gasteiger partial charge is 0.467 e. The summed E-state index contributed by atoms with van der Waals surface area (Å²) in [6.07, 6.45) is -13.2. The second-order valence-corrected chi connectivity index (χ2v) is 10.4. The van der Waals surface area contributed by atoms with Crippen LogP contribution in [0.5, 0.6) is 0 Å². The number of esters is 6. The maximum atomic E-state index is 12.8. The number of rotatable bonds is 10. The van der Waals surface area contributed by atoms with Crippen molar-refractivity contribution in [3.63, 3.8) is 0 Å². The Morgan fingerprint density at radius 3 is 1.80 bits per heavy atom. The molecule has 17 heteroatoms. The lowest BCUT2D eigenvalue weighted by molar-refractivity contribution is -0.334. The molecule has 0 bridgehead atoms. The van der Waals surface area contributed by atoms with Crippen LogP contribution in [0.15, 0.2) is 4.99 Å². The zero-order valence-corrected chi connectivity index (χ0v) is 25.5. The summed E-state index contributed by atoms with van der Waals surface area (Å²) < 4.78 is 55.7. The van der Waals surface area contributed by atoms with Gasteiger partial charge in [-0.2, -0.15) is 0 Å². The molecular formula is C27H37NO16. The number of aliphatic imine (C=N–C) groups is 1. The first-order valence-corrected chi connectivity index (χ1v) is 13.7. The Balaban J connectivity index is 2.13. The second-order valence-electron chi connectivity index (χ2n) is 10.4. The molecule has 3 heterocycles. The van der Waals surface area contributed by atoms with Gasteiger partial charge >= 0.3 is 35.8 Å². The highest BCUT2D eigenvalue weighted by atomic mass is 16.8. The van der Waals surface area contributed by atoms with E-state index in [-0.39, 0.29) is 18.4 Å². The number of nitrogens with zero attached hydrogens (tertiary/aromatic N) is 1. The zero-order valence-electron chi connectivity index (χ0n) is 25.5. The quantitative estimate of drug-likeness (QED) is 0.225. The number of hydrogen-bond acceptors (Lipinski definition) is 17. The number of methoxy groups -OCH3 is 1. The minimum atomic E-state index is -1.74. The molecule has 2 fully saturated rings. The topological polar surface area (TPSA) is 207 Å². The maximum Gasteiger partial charge on any atom is 0.339 e. The van der Waals surface area contributed by atoms with Crippen LogP contribution in [-0.2, 0) is 76.1 Å². The molecule has 0 saturated carbocycles. The van der Waals surface area contributed by atoms with Gasteiger partial charge in [-0.1, -0.05) is 13.8 Å². The minimum absolute atomic E-state index is 0.204. The Kier molecular flexibility index (Phi) is 11.6. The van der Waals surface area contributed by atoms with E-state index in [1.807, 2.05) is 13.8 Å². The summed E-state index contributed by atoms with van der Waals surface area (Å²) >= 11 is 0. The van der Waals surface area contributed by atoms with Gasteiger partial charge in [0.05, 0.1) is 7.11 Å². The molecule has 0 N–H and O–H groups in total. The Morgan fingerprint density at radius 2 is 1.27 bits per heavy atom. The predicted octanol–water partition coefficient (Wildman–Crippen LogP) is -0.262. The van der Waals surface area contributed by atoms with Crippen LogP contribution < -0.4 is 0 Å². The molecule has 3 aliphatic rings. The van der Waals surface area contributed by atoms with Crippen molar-refractivity contribution in [3.8, 4) is 0 Å². The standard InChI is InChI=1S/C27H37NO16/c1-10(2)24-28-17-19(18(37-12(4)30)16(9-36-11(3)29)41-26(17)44-24)42-27-23(40-15(7)33)21(39-14(6)32)20(38-13(5)31)22(43-27)25(34)35-8/h10,16-23,26-27H,9H2,1-8H3/t16-,17-,18+,19-,20+,21+,22+,23-,26-,27-/m1/s1. The van der Waals surface area contributed by atoms with E-state index in [1.165, 1.54) is 6.92 Å². The first kappa shape index (κ1) is 34.7. The molecule has 2 saturated heterocycles. The lowest BCUT2D eigenvalue weighted by Crippen LogP contribution is -2.66. The molecule has 0 spiro atoms. The lowest BCUT2D eigenvalue weighted by atomic mass is 9.95. The molecule has 0 aromatic carbocycles. The van der Waals surface area contributed by atoms with Gasteiger partial charge in [0.2, 0.25) is 6.29 Å². The lowest BCUT2D eigenvalue weighted by Gasteiger charge is -2.47. The van der Waals surface area contributed by atoms with Gasteiger partial charge in [0.25, 0.3) is 0 Å². The van der Waals surface area contributed by atoms with E-state index >= 15 is 0 Å². The molecule has 0 aromatic rings. The molecule has 246 valence electrons. The summed E-state index contributed by atoms with van der Waals surface area (Å²) in [5.74, 6) is -4.99. The van der Waals surface area contributed by atoms with Gasteiger partial charge in [-0.05, 0) is 0 Å². The van der Waals surface area contributed by atoms with Gasteiger partial charge < -0.3 is 47.4 Å². The number of fused-ring (bicyclic) bond motifs is 1. The van der Waals surface area contributed by atoms with E-state index in [9.17, 15) is 28.8 Å². The molecule has 44 heavy (non-hydrogen) atoms. The van der Waals surface area contributed by atoms with Crippen molar-refractivity contribution in [1.29, 1.82) is 0 Å². The fourth-order valence-corrected chi connectivity index (χ4v) is 4.87. The van der Waals surface area contributed by atoms with Crippen LogP contribution in [0.1, 0.15) is 48.5 Å². The Hall–Kier alpha value is -3.83. The van der Waals surface area contributed by atoms with Crippen molar-refractivity contribution in [3.05, 3.63) is 0 Å². The Morgan fingerprint density at radius 1 is 0.727 bits per heavy atom. The molecule has 0 aliphatic carbocycles. The normalized spacial score (nSPS) is 32.7. The highest BCUT2D eigenvalue weighted by Crippen LogP contribution is 2.37. The first-order chi connectivity index (χ1) is 20.6. The Bertz CT molecular complexity index is 1150. The summed E-state index contributed by atoms with van der Waals surface area (Å²) in [7, 11) is 1.04. The molecule has 0 unspecified atom stereocenters. The van der Waals surface area contributed by atoms with Crippen LogP contribution in [0.2, 0.25) is 0 Å². The van der Waals surface area contributed by atoms with Crippen LogP contribution in [0.3, 0.4) is 0 Å². The zero-order chi connectivity index (χ0) is 32.9. The number of carbonyl (C=O) groups excluding carboxylic acids is 6. The fourth-order valence-electron chi connectivity index (χ4n) is 4.87. The van der Waals surface area contributed by atoms with Crippen molar-refractivity contribution in [2.24, 2.45) is 10.9 Å². The summed E-state index contributed by atoms with van der Waals surface area (Å²) in [4.78, 5) is 77.7. The van der Waals surface area contributed by atoms with E-state index in [4.69, 9.17) is 47.4 Å². The maximum absolute atomic E-state index is 12.8. The Labute approximate surface area is 252 Å². The van der Waals surface area contributed by atoms with Crippen LogP contribution in [-0.4, -0.2) is 117 Å². The number of carbonyl (C=O) groups is 6. The second kappa shape index (κ2) is 14.8. The minimum Gasteiger partial charge on any atom is -0.467 e. The smallest absolute Gasteiger partial charge is 0.339 e. The first-order valence-electron chi connectivity index (χ1n) is 13.7.